The normalized spacial score (nSPS) is 19.6. The maximum atomic E-state index is 13.3. The summed E-state index contributed by atoms with van der Waals surface area (Å²) in [5, 5.41) is 55.6. The molecule has 2 amide bonds. The van der Waals surface area contributed by atoms with Crippen LogP contribution < -0.4 is 11.1 Å². The number of β-lactam (4-membered cyclic amide) rings is 1. The first kappa shape index (κ1) is 34.0. The molecule has 1 saturated carbocycles. The third-order valence-corrected chi connectivity index (χ3v) is 11.8. The van der Waals surface area contributed by atoms with E-state index in [4.69, 9.17) is 10.6 Å². The highest BCUT2D eigenvalue weighted by Crippen LogP contribution is 2.43. The zero-order valence-electron chi connectivity index (χ0n) is 24.7. The fourth-order valence-electron chi connectivity index (χ4n) is 4.89. The Bertz CT molecular complexity index is 1970. The van der Waals surface area contributed by atoms with Gasteiger partial charge in [0, 0.05) is 40.2 Å². The Morgan fingerprint density at radius 2 is 1.90 bits per heavy atom. The van der Waals surface area contributed by atoms with Gasteiger partial charge in [-0.25, -0.2) is 19.6 Å². The molecule has 3 aliphatic rings. The van der Waals surface area contributed by atoms with Crippen molar-refractivity contribution < 1.29 is 54.3 Å². The van der Waals surface area contributed by atoms with E-state index in [2.05, 4.69) is 20.4 Å². The number of aliphatic carboxylic acids is 3. The van der Waals surface area contributed by atoms with Gasteiger partial charge in [-0.15, -0.1) is 34.4 Å². The predicted octanol–water partition coefficient (Wildman–Crippen LogP) is 1.76. The highest BCUT2D eigenvalue weighted by atomic mass is 32.2. The van der Waals surface area contributed by atoms with E-state index in [0.29, 0.717) is 20.4 Å². The summed E-state index contributed by atoms with van der Waals surface area (Å²) in [5.41, 5.74) is 4.57. The quantitative estimate of drug-likeness (QED) is 0.0431. The molecular formula is C28H24N6O11S4. The molecule has 1 saturated heterocycles. The summed E-state index contributed by atoms with van der Waals surface area (Å²) in [6, 6.07) is 2.84. The zero-order valence-corrected chi connectivity index (χ0v) is 28.0. The number of carbonyl (C=O) groups is 5. The van der Waals surface area contributed by atoms with Crippen LogP contribution in [-0.2, 0) is 35.2 Å². The molecule has 0 unspecified atom stereocenters. The lowest BCUT2D eigenvalue weighted by atomic mass is 10.0. The molecule has 1 aliphatic carbocycles. The lowest BCUT2D eigenvalue weighted by Gasteiger charge is -2.49. The van der Waals surface area contributed by atoms with E-state index in [1.54, 1.807) is 0 Å². The van der Waals surface area contributed by atoms with Crippen molar-refractivity contribution in [1.29, 1.82) is 0 Å². The summed E-state index contributed by atoms with van der Waals surface area (Å²) in [4.78, 5) is 77.3. The third kappa shape index (κ3) is 6.73. The highest BCUT2D eigenvalue weighted by molar-refractivity contribution is 8.01. The van der Waals surface area contributed by atoms with Crippen LogP contribution in [0.5, 0.6) is 11.5 Å². The number of thioether (sulfide) groups is 2. The average Bonchev–Trinajstić information content (AvgIpc) is 3.57. The molecule has 4 heterocycles. The number of oxime groups is 1. The number of fused-ring (bicyclic) bond motifs is 1. The van der Waals surface area contributed by atoms with E-state index in [9.17, 15) is 49.5 Å². The number of nitrogens with two attached hydrogens (primary N) is 1. The van der Waals surface area contributed by atoms with Crippen molar-refractivity contribution in [1.82, 2.24) is 20.2 Å². The number of aromatic nitrogens is 2. The predicted molar refractivity (Wildman–Crippen MR) is 176 cm³/mol. The molecule has 21 heteroatoms. The number of amides is 2. The number of nitrogen functional groups attached to an aromatic ring is 1. The number of nitrogens with one attached hydrogen (secondary N) is 1. The standard InChI is InChI=1S/C28H24N6O11S4/c29-26-30-12(9-47-26)18(33-45-28(3-4-28)25(43)44)21(39)31-19-22(40)34-20(24(41)42)11(7-46-23(19)34)8-48-27-32-17(15(49-27)6-16(37)38)10-1-2-13(35)14(36)5-10/h1-2,5,9,19,23,35-36H,3-4,6-8H2,(H2,29,30)(H,31,39)(H,37,38)(H,41,42)(H,43,44)/t19-,23-/m1/s1. The Hall–Kier alpha value is -4.86. The first-order valence-corrected chi connectivity index (χ1v) is 17.8. The Morgan fingerprint density at radius 3 is 2.51 bits per heavy atom. The number of carboxylic acid groups (broad SMARTS) is 3. The Labute approximate surface area is 291 Å². The van der Waals surface area contributed by atoms with E-state index in [1.807, 2.05) is 0 Å². The van der Waals surface area contributed by atoms with E-state index < -0.39 is 58.2 Å². The summed E-state index contributed by atoms with van der Waals surface area (Å²) in [5.74, 6) is -5.80. The molecule has 17 nitrogen and oxygen atoms in total. The summed E-state index contributed by atoms with van der Waals surface area (Å²) in [6.07, 6.45) is 0.0195. The number of carbonyl (C=O) groups excluding carboxylic acids is 2. The minimum Gasteiger partial charge on any atom is -0.504 e. The summed E-state index contributed by atoms with van der Waals surface area (Å²) >= 11 is 4.45. The van der Waals surface area contributed by atoms with Gasteiger partial charge in [-0.3, -0.25) is 19.3 Å². The van der Waals surface area contributed by atoms with Gasteiger partial charge in [-0.1, -0.05) is 16.9 Å². The van der Waals surface area contributed by atoms with E-state index in [1.165, 1.54) is 35.3 Å². The number of nitrogens with zero attached hydrogens (tertiary/aromatic N) is 4. The lowest BCUT2D eigenvalue weighted by molar-refractivity contribution is -0.153. The number of carboxylic acids is 3. The van der Waals surface area contributed by atoms with Gasteiger partial charge in [-0.2, -0.15) is 0 Å². The molecule has 0 radical (unpaired) electrons. The molecule has 49 heavy (non-hydrogen) atoms. The molecule has 256 valence electrons. The van der Waals surface area contributed by atoms with E-state index in [0.717, 1.165) is 39.3 Å². The number of benzene rings is 1. The number of aromatic hydroxyl groups is 2. The molecule has 1 aromatic carbocycles. The van der Waals surface area contributed by atoms with Crippen molar-refractivity contribution in [2.45, 2.75) is 40.6 Å². The van der Waals surface area contributed by atoms with Gasteiger partial charge < -0.3 is 41.4 Å². The zero-order chi connectivity index (χ0) is 35.2. The van der Waals surface area contributed by atoms with Crippen LogP contribution in [0.1, 0.15) is 23.4 Å². The van der Waals surface area contributed by atoms with Crippen LogP contribution in [0.15, 0.2) is 44.3 Å². The molecule has 2 aromatic heterocycles. The number of hydrogen-bond acceptors (Lipinski definition) is 16. The number of rotatable bonds is 13. The molecule has 6 rings (SSSR count). The van der Waals surface area contributed by atoms with Crippen molar-refractivity contribution in [3.05, 3.63) is 45.4 Å². The fourth-order valence-corrected chi connectivity index (χ4v) is 9.12. The van der Waals surface area contributed by atoms with Crippen molar-refractivity contribution in [2.24, 2.45) is 5.16 Å². The van der Waals surface area contributed by atoms with Crippen molar-refractivity contribution >= 4 is 86.8 Å². The van der Waals surface area contributed by atoms with E-state index >= 15 is 0 Å². The number of thiazole rings is 2. The average molecular weight is 749 g/mol. The molecule has 8 N–H and O–H groups in total. The van der Waals surface area contributed by atoms with Crippen LogP contribution in [0.2, 0.25) is 0 Å². The number of phenols is 2. The van der Waals surface area contributed by atoms with Gasteiger partial charge in [0.05, 0.1) is 12.1 Å². The Morgan fingerprint density at radius 1 is 1.14 bits per heavy atom. The van der Waals surface area contributed by atoms with Gasteiger partial charge in [0.25, 0.3) is 11.8 Å². The van der Waals surface area contributed by atoms with Crippen LogP contribution >= 0.6 is 46.2 Å². The minimum absolute atomic E-state index is 0.00520. The summed E-state index contributed by atoms with van der Waals surface area (Å²) < 4.78 is 0.413. The van der Waals surface area contributed by atoms with E-state index in [-0.39, 0.29) is 58.7 Å². The van der Waals surface area contributed by atoms with Crippen LogP contribution in [0.3, 0.4) is 0 Å². The maximum Gasteiger partial charge on any atom is 0.352 e. The van der Waals surface area contributed by atoms with Crippen LogP contribution in [-0.4, -0.2) is 104 Å². The molecular weight excluding hydrogens is 725 g/mol. The molecule has 3 aromatic rings. The van der Waals surface area contributed by atoms with Gasteiger partial charge in [0.15, 0.2) is 26.7 Å². The molecule has 2 aliphatic heterocycles. The van der Waals surface area contributed by atoms with Gasteiger partial charge >= 0.3 is 17.9 Å². The fraction of sp³-hybridized carbons (Fsp3) is 0.286. The van der Waals surface area contributed by atoms with Gasteiger partial charge in [0.2, 0.25) is 5.60 Å². The largest absolute Gasteiger partial charge is 0.504 e. The topological polar surface area (TPSA) is 275 Å². The molecule has 0 spiro atoms. The van der Waals surface area contributed by atoms with Gasteiger partial charge in [-0.05, 0) is 23.8 Å². The Kier molecular flexibility index (Phi) is 9.17. The van der Waals surface area contributed by atoms with Gasteiger partial charge in [0.1, 0.15) is 22.8 Å². The monoisotopic (exact) mass is 748 g/mol. The number of anilines is 1. The van der Waals surface area contributed by atoms with Crippen LogP contribution in [0.25, 0.3) is 11.3 Å². The van der Waals surface area contributed by atoms with Crippen LogP contribution in [0, 0.1) is 0 Å². The second kappa shape index (κ2) is 13.2. The van der Waals surface area contributed by atoms with Crippen LogP contribution in [0.4, 0.5) is 5.13 Å². The van der Waals surface area contributed by atoms with Crippen molar-refractivity contribution in [2.75, 3.05) is 17.2 Å². The summed E-state index contributed by atoms with van der Waals surface area (Å²) in [7, 11) is 0. The first-order chi connectivity index (χ1) is 23.3. The molecule has 0 bridgehead atoms. The maximum absolute atomic E-state index is 13.3. The van der Waals surface area contributed by atoms with Crippen molar-refractivity contribution in [3.8, 4) is 22.8 Å². The highest BCUT2D eigenvalue weighted by Gasteiger charge is 2.56. The second-order valence-electron chi connectivity index (χ2n) is 10.8. The minimum atomic E-state index is -1.56. The number of phenolic OH excluding ortho intramolecular Hbond substituents is 2. The van der Waals surface area contributed by atoms with Crippen molar-refractivity contribution in [3.63, 3.8) is 0 Å². The third-order valence-electron chi connectivity index (χ3n) is 7.53. The first-order valence-electron chi connectivity index (χ1n) is 14.1. The Balaban J connectivity index is 1.18. The summed E-state index contributed by atoms with van der Waals surface area (Å²) in [6.45, 7) is 0. The molecule has 2 atom stereocenters. The lowest BCUT2D eigenvalue weighted by Crippen LogP contribution is -2.71. The smallest absolute Gasteiger partial charge is 0.352 e. The number of hydrogen-bond donors (Lipinski definition) is 7. The molecule has 2 fully saturated rings. The second-order valence-corrected chi connectivity index (χ2v) is 15.1. The SMILES string of the molecule is Nc1nc(C(=NOC2(C(=O)O)CC2)C(=O)N[C@@H]2C(=O)N3C(C(=O)O)=C(CSc4nc(-c5ccc(O)c(O)c5)c(CC(=O)O)s4)CS[C@H]23)cs1.